The van der Waals surface area contributed by atoms with E-state index in [0.717, 1.165) is 48.6 Å². The lowest BCUT2D eigenvalue weighted by Gasteiger charge is -2.35. The number of halogens is 3. The molecule has 1 atom stereocenters. The molecule has 2 aliphatic rings. The predicted molar refractivity (Wildman–Crippen MR) is 92.2 cm³/mol. The molecule has 0 aromatic heterocycles. The summed E-state index contributed by atoms with van der Waals surface area (Å²) < 4.78 is 12.0. The Morgan fingerprint density at radius 3 is 2.43 bits per heavy atom. The highest BCUT2D eigenvalue weighted by Crippen LogP contribution is 2.41. The van der Waals surface area contributed by atoms with Gasteiger partial charge in [-0.2, -0.15) is 0 Å². The first kappa shape index (κ1) is 18.8. The normalized spacial score (nSPS) is 18.6. The van der Waals surface area contributed by atoms with E-state index in [2.05, 4.69) is 39.1 Å². The van der Waals surface area contributed by atoms with Crippen molar-refractivity contribution in [2.24, 2.45) is 0 Å². The Morgan fingerprint density at radius 2 is 1.81 bits per heavy atom. The van der Waals surface area contributed by atoms with Gasteiger partial charge in [0.2, 0.25) is 6.79 Å². The van der Waals surface area contributed by atoms with Crippen LogP contribution in [0.25, 0.3) is 0 Å². The van der Waals surface area contributed by atoms with Gasteiger partial charge < -0.3 is 14.8 Å². The summed E-state index contributed by atoms with van der Waals surface area (Å²) in [5, 5.41) is 3.40. The quantitative estimate of drug-likeness (QED) is 0.844. The SMILES string of the molecule is CC[C@H](c1cc2c(cc1Br)OCO2)N1CCNCC1.Cl.Cl. The van der Waals surface area contributed by atoms with Gasteiger partial charge in [0.1, 0.15) is 0 Å². The number of rotatable bonds is 3. The van der Waals surface area contributed by atoms with Gasteiger partial charge in [-0.05, 0) is 24.1 Å². The lowest BCUT2D eigenvalue weighted by Crippen LogP contribution is -2.45. The molecule has 0 bridgehead atoms. The second-order valence-electron chi connectivity index (χ2n) is 4.94. The van der Waals surface area contributed by atoms with E-state index in [9.17, 15) is 0 Å². The van der Waals surface area contributed by atoms with Gasteiger partial charge in [0, 0.05) is 36.7 Å². The summed E-state index contributed by atoms with van der Waals surface area (Å²) in [5.41, 5.74) is 1.30. The van der Waals surface area contributed by atoms with Crippen molar-refractivity contribution in [1.29, 1.82) is 0 Å². The van der Waals surface area contributed by atoms with Crippen molar-refractivity contribution in [3.05, 3.63) is 22.2 Å². The third kappa shape index (κ3) is 3.96. The van der Waals surface area contributed by atoms with Crippen LogP contribution in [0.4, 0.5) is 0 Å². The van der Waals surface area contributed by atoms with Crippen LogP contribution in [0.3, 0.4) is 0 Å². The third-order valence-electron chi connectivity index (χ3n) is 3.83. The average molecular weight is 400 g/mol. The van der Waals surface area contributed by atoms with Crippen molar-refractivity contribution in [3.63, 3.8) is 0 Å². The van der Waals surface area contributed by atoms with Crippen molar-refractivity contribution in [1.82, 2.24) is 10.2 Å². The van der Waals surface area contributed by atoms with Gasteiger partial charge in [-0.3, -0.25) is 4.90 Å². The van der Waals surface area contributed by atoms with Crippen molar-refractivity contribution < 1.29 is 9.47 Å². The zero-order valence-electron chi connectivity index (χ0n) is 11.9. The molecule has 3 rings (SSSR count). The summed E-state index contributed by atoms with van der Waals surface area (Å²) in [6.07, 6.45) is 1.10. The van der Waals surface area contributed by atoms with E-state index in [1.54, 1.807) is 0 Å². The first-order valence-electron chi connectivity index (χ1n) is 6.83. The van der Waals surface area contributed by atoms with Crippen molar-refractivity contribution in [3.8, 4) is 11.5 Å². The van der Waals surface area contributed by atoms with E-state index < -0.39 is 0 Å². The molecule has 1 fully saturated rings. The molecule has 0 saturated carbocycles. The van der Waals surface area contributed by atoms with E-state index in [-0.39, 0.29) is 24.8 Å². The number of nitrogens with zero attached hydrogens (tertiary/aromatic N) is 1. The number of ether oxygens (including phenoxy) is 2. The van der Waals surface area contributed by atoms with Crippen LogP contribution in [0.15, 0.2) is 16.6 Å². The second kappa shape index (κ2) is 8.44. The highest BCUT2D eigenvalue weighted by atomic mass is 79.9. The lowest BCUT2D eigenvalue weighted by molar-refractivity contribution is 0.167. The van der Waals surface area contributed by atoms with Crippen LogP contribution in [0.5, 0.6) is 11.5 Å². The molecular weight excluding hydrogens is 379 g/mol. The van der Waals surface area contributed by atoms with Crippen LogP contribution < -0.4 is 14.8 Å². The van der Waals surface area contributed by atoms with Crippen LogP contribution in [-0.4, -0.2) is 37.9 Å². The maximum absolute atomic E-state index is 5.50. The van der Waals surface area contributed by atoms with Gasteiger partial charge in [0.15, 0.2) is 11.5 Å². The zero-order chi connectivity index (χ0) is 13.2. The smallest absolute Gasteiger partial charge is 0.231 e. The molecule has 0 spiro atoms. The van der Waals surface area contributed by atoms with Crippen LogP contribution in [0, 0.1) is 0 Å². The first-order valence-corrected chi connectivity index (χ1v) is 7.62. The zero-order valence-corrected chi connectivity index (χ0v) is 15.2. The van der Waals surface area contributed by atoms with Gasteiger partial charge in [0.25, 0.3) is 0 Å². The highest BCUT2D eigenvalue weighted by Gasteiger charge is 2.25. The number of hydrogen-bond acceptors (Lipinski definition) is 4. The molecule has 0 aliphatic carbocycles. The maximum Gasteiger partial charge on any atom is 0.231 e. The van der Waals surface area contributed by atoms with E-state index in [4.69, 9.17) is 9.47 Å². The summed E-state index contributed by atoms with van der Waals surface area (Å²) >= 11 is 3.68. The summed E-state index contributed by atoms with van der Waals surface area (Å²) in [4.78, 5) is 2.54. The Morgan fingerprint density at radius 1 is 1.19 bits per heavy atom. The van der Waals surface area contributed by atoms with Gasteiger partial charge in [-0.25, -0.2) is 0 Å². The fourth-order valence-electron chi connectivity index (χ4n) is 2.86. The predicted octanol–water partition coefficient (Wildman–Crippen LogP) is 3.38. The van der Waals surface area contributed by atoms with E-state index >= 15 is 0 Å². The van der Waals surface area contributed by atoms with Gasteiger partial charge in [-0.15, -0.1) is 24.8 Å². The molecule has 21 heavy (non-hydrogen) atoms. The molecule has 2 heterocycles. The molecule has 120 valence electrons. The minimum Gasteiger partial charge on any atom is -0.454 e. The topological polar surface area (TPSA) is 33.7 Å². The Hall–Kier alpha value is -0.200. The standard InChI is InChI=1S/C14H19BrN2O2.2ClH/c1-2-12(17-5-3-16-4-6-17)10-7-13-14(8-11(10)15)19-9-18-13;;/h7-8,12,16H,2-6,9H2,1H3;2*1H/t12-;;/m1../s1. The van der Waals surface area contributed by atoms with Crippen molar-refractivity contribution in [2.75, 3.05) is 33.0 Å². The Bertz CT molecular complexity index is 471. The fourth-order valence-corrected chi connectivity index (χ4v) is 3.44. The Balaban J connectivity index is 0.00000110. The molecule has 0 amide bonds. The van der Waals surface area contributed by atoms with Crippen molar-refractivity contribution in [2.45, 2.75) is 19.4 Å². The summed E-state index contributed by atoms with van der Waals surface area (Å²) in [6.45, 7) is 6.90. The van der Waals surface area contributed by atoms with Gasteiger partial charge in [0.05, 0.1) is 0 Å². The van der Waals surface area contributed by atoms with E-state index in [1.807, 2.05) is 6.07 Å². The second-order valence-corrected chi connectivity index (χ2v) is 5.79. The lowest BCUT2D eigenvalue weighted by atomic mass is 10.0. The van der Waals surface area contributed by atoms with Crippen LogP contribution in [0.1, 0.15) is 24.9 Å². The molecule has 4 nitrogen and oxygen atoms in total. The molecule has 7 heteroatoms. The third-order valence-corrected chi connectivity index (χ3v) is 4.52. The van der Waals surface area contributed by atoms with Gasteiger partial charge >= 0.3 is 0 Å². The Kier molecular flexibility index (Phi) is 7.57. The van der Waals surface area contributed by atoms with E-state index in [0.29, 0.717) is 12.8 Å². The number of hydrogen-bond donors (Lipinski definition) is 1. The molecule has 1 aromatic rings. The van der Waals surface area contributed by atoms with Gasteiger partial charge in [-0.1, -0.05) is 22.9 Å². The van der Waals surface area contributed by atoms with Crippen molar-refractivity contribution >= 4 is 40.7 Å². The average Bonchev–Trinajstić information content (AvgIpc) is 2.88. The first-order chi connectivity index (χ1) is 9.29. The summed E-state index contributed by atoms with van der Waals surface area (Å²) in [7, 11) is 0. The van der Waals surface area contributed by atoms with Crippen LogP contribution in [-0.2, 0) is 0 Å². The molecule has 2 aliphatic heterocycles. The molecule has 0 unspecified atom stereocenters. The highest BCUT2D eigenvalue weighted by molar-refractivity contribution is 9.10. The fraction of sp³-hybridized carbons (Fsp3) is 0.571. The molecule has 1 N–H and O–H groups in total. The minimum atomic E-state index is 0. The largest absolute Gasteiger partial charge is 0.454 e. The van der Waals surface area contributed by atoms with Crippen LogP contribution in [0.2, 0.25) is 0 Å². The molecule has 1 saturated heterocycles. The monoisotopic (exact) mass is 398 g/mol. The summed E-state index contributed by atoms with van der Waals surface area (Å²) in [5.74, 6) is 1.71. The molecule has 1 aromatic carbocycles. The number of fused-ring (bicyclic) bond motifs is 1. The Labute approximate surface area is 146 Å². The molecular formula is C14H21BrCl2N2O2. The number of piperazine rings is 1. The molecule has 0 radical (unpaired) electrons. The summed E-state index contributed by atoms with van der Waals surface area (Å²) in [6, 6.07) is 4.59. The maximum atomic E-state index is 5.50. The van der Waals surface area contributed by atoms with E-state index in [1.165, 1.54) is 5.56 Å². The van der Waals surface area contributed by atoms with Crippen LogP contribution >= 0.6 is 40.7 Å². The number of benzene rings is 1. The minimum absolute atomic E-state index is 0. The number of nitrogens with one attached hydrogen (secondary N) is 1.